The van der Waals surface area contributed by atoms with Crippen molar-refractivity contribution in [3.63, 3.8) is 0 Å². The first-order valence-electron chi connectivity index (χ1n) is 26.8. The lowest BCUT2D eigenvalue weighted by molar-refractivity contribution is -0.0520. The average Bonchev–Trinajstić information content (AvgIpc) is 4.13. The third kappa shape index (κ3) is 11.0. The fraction of sp³-hybridized carbons (Fsp3) is 0.618. The van der Waals surface area contributed by atoms with Crippen LogP contribution in [0.4, 0.5) is 8.78 Å². The van der Waals surface area contributed by atoms with E-state index < -0.39 is 5.92 Å². The van der Waals surface area contributed by atoms with E-state index in [4.69, 9.17) is 16.6 Å². The molecule has 3 saturated heterocycles. The van der Waals surface area contributed by atoms with Crippen LogP contribution in [0.15, 0.2) is 36.7 Å². The Bertz CT molecular complexity index is 2840. The molecule has 12 rings (SSSR count). The molecule has 6 aromatic rings. The van der Waals surface area contributed by atoms with Gasteiger partial charge in [0.1, 0.15) is 5.65 Å². The third-order valence-corrected chi connectivity index (χ3v) is 17.4. The van der Waals surface area contributed by atoms with Crippen LogP contribution < -0.4 is 5.32 Å². The van der Waals surface area contributed by atoms with Crippen LogP contribution in [0, 0.1) is 13.8 Å². The fourth-order valence-corrected chi connectivity index (χ4v) is 13.7. The van der Waals surface area contributed by atoms with Crippen LogP contribution in [0.5, 0.6) is 0 Å². The zero-order valence-corrected chi connectivity index (χ0v) is 45.6. The number of likely N-dealkylation sites (tertiary alicyclic amines) is 1. The molecule has 6 aliphatic rings. The molecule has 13 nitrogen and oxygen atoms in total. The zero-order chi connectivity index (χ0) is 50.3. The number of piperazine rings is 1. The molecular weight excluding hydrogens is 948 g/mol. The van der Waals surface area contributed by atoms with E-state index in [0.717, 1.165) is 136 Å². The van der Waals surface area contributed by atoms with Crippen LogP contribution in [0.3, 0.4) is 0 Å². The largest absolute Gasteiger partial charge is 0.342 e. The van der Waals surface area contributed by atoms with E-state index in [9.17, 15) is 8.78 Å². The number of hydrogen-bond donors (Lipinski definition) is 1. The first-order chi connectivity index (χ1) is 34.7. The van der Waals surface area contributed by atoms with Crippen molar-refractivity contribution >= 4 is 56.3 Å². The molecule has 1 N–H and O–H groups in total. The number of likely N-dealkylation sites (N-methyl/N-ethyl adjacent to an activating group) is 3. The van der Waals surface area contributed by atoms with E-state index in [0.29, 0.717) is 25.2 Å². The number of pyridine rings is 3. The highest BCUT2D eigenvalue weighted by Crippen LogP contribution is 2.42. The lowest BCUT2D eigenvalue weighted by Gasteiger charge is -2.39. The lowest BCUT2D eigenvalue weighted by Crippen LogP contribution is -2.55. The minimum absolute atomic E-state index is 0.210. The van der Waals surface area contributed by atoms with Gasteiger partial charge in [0, 0.05) is 185 Å². The van der Waals surface area contributed by atoms with Crippen LogP contribution in [0.1, 0.15) is 71.8 Å². The molecule has 2 atom stereocenters. The van der Waals surface area contributed by atoms with Gasteiger partial charge < -0.3 is 33.7 Å². The minimum atomic E-state index is -2.82. The van der Waals surface area contributed by atoms with Crippen LogP contribution in [-0.4, -0.2) is 181 Å². The minimum Gasteiger partial charge on any atom is -0.342 e. The van der Waals surface area contributed by atoms with Crippen molar-refractivity contribution in [3.8, 4) is 0 Å². The van der Waals surface area contributed by atoms with E-state index in [1.54, 1.807) is 24.3 Å². The van der Waals surface area contributed by atoms with E-state index in [-0.39, 0.29) is 12.2 Å². The molecule has 12 heterocycles. The molecule has 6 aliphatic heterocycles. The van der Waals surface area contributed by atoms with Gasteiger partial charge in [0.25, 0.3) is 0 Å². The van der Waals surface area contributed by atoms with Gasteiger partial charge in [-0.05, 0) is 105 Å². The summed E-state index contributed by atoms with van der Waals surface area (Å²) in [4.78, 5) is 28.0. The molecule has 6 aromatic heterocycles. The summed E-state index contributed by atoms with van der Waals surface area (Å²) < 4.78 is 36.6. The number of aromatic nitrogens is 6. The van der Waals surface area contributed by atoms with Gasteiger partial charge in [-0.15, -0.1) is 0 Å². The van der Waals surface area contributed by atoms with Crippen LogP contribution in [-0.2, 0) is 58.0 Å². The predicted molar refractivity (Wildman–Crippen MR) is 292 cm³/mol. The van der Waals surface area contributed by atoms with Gasteiger partial charge in [0.05, 0.1) is 40.0 Å². The maximum atomic E-state index is 14.9. The normalized spacial score (nSPS) is 22.4. The number of nitrogens with zero attached hydrogens (tertiary/aromatic N) is 12. The topological polar surface area (TPSA) is 84.9 Å². The van der Waals surface area contributed by atoms with E-state index >= 15 is 0 Å². The Morgan fingerprint density at radius 2 is 1.31 bits per heavy atom. The summed E-state index contributed by atoms with van der Waals surface area (Å²) in [5.74, 6) is -0.285. The summed E-state index contributed by atoms with van der Waals surface area (Å²) in [5.41, 5.74) is 13.3. The van der Waals surface area contributed by atoms with Crippen molar-refractivity contribution in [2.24, 2.45) is 0 Å². The first kappa shape index (κ1) is 51.8. The highest BCUT2D eigenvalue weighted by atomic mass is 35.5. The Balaban J connectivity index is 0.000000124. The molecule has 0 radical (unpaired) electrons. The summed E-state index contributed by atoms with van der Waals surface area (Å²) in [5, 5.41) is 6.45. The molecule has 0 aliphatic carbocycles. The molecule has 0 saturated carbocycles. The molecule has 0 aromatic carbocycles. The monoisotopic (exact) mass is 1030 g/mol. The predicted octanol–water partition coefficient (Wildman–Crippen LogP) is 7.72. The molecule has 0 amide bonds. The van der Waals surface area contributed by atoms with E-state index in [1.165, 1.54) is 76.4 Å². The van der Waals surface area contributed by atoms with Gasteiger partial charge in [0.2, 0.25) is 0 Å². The van der Waals surface area contributed by atoms with Crippen LogP contribution in [0.25, 0.3) is 33.0 Å². The number of hydrogen-bond acceptors (Lipinski definition) is 11. The van der Waals surface area contributed by atoms with Crippen molar-refractivity contribution in [2.75, 3.05) is 111 Å². The van der Waals surface area contributed by atoms with Gasteiger partial charge >= 0.3 is 5.92 Å². The van der Waals surface area contributed by atoms with Gasteiger partial charge in [0.15, 0.2) is 0 Å². The van der Waals surface area contributed by atoms with Gasteiger partial charge in [-0.3, -0.25) is 24.7 Å². The Labute approximate surface area is 435 Å². The van der Waals surface area contributed by atoms with Gasteiger partial charge in [-0.25, -0.2) is 4.98 Å². The maximum Gasteiger partial charge on any atom is 0.300 e. The maximum absolute atomic E-state index is 14.9. The van der Waals surface area contributed by atoms with E-state index in [2.05, 4.69) is 114 Å². The number of fused-ring (bicyclic) bond motifs is 9. The summed E-state index contributed by atoms with van der Waals surface area (Å²) in [6, 6.07) is 9.69. The molecule has 3 fully saturated rings. The summed E-state index contributed by atoms with van der Waals surface area (Å²) in [7, 11) is 6.17. The molecule has 390 valence electrons. The van der Waals surface area contributed by atoms with Gasteiger partial charge in [-0.2, -0.15) is 20.5 Å². The van der Waals surface area contributed by atoms with Crippen molar-refractivity contribution < 1.29 is 8.78 Å². The Kier molecular flexibility index (Phi) is 16.0. The Hall–Kier alpha value is -3.71. The van der Waals surface area contributed by atoms with Crippen LogP contribution in [0.2, 0.25) is 5.02 Å². The van der Waals surface area contributed by atoms with Crippen LogP contribution >= 0.6 is 23.4 Å². The Morgan fingerprint density at radius 3 is 2.03 bits per heavy atom. The second-order valence-electron chi connectivity index (χ2n) is 21.8. The van der Waals surface area contributed by atoms with E-state index in [1.807, 2.05) is 17.6 Å². The molecule has 0 bridgehead atoms. The molecule has 0 spiro atoms. The van der Waals surface area contributed by atoms with Crippen molar-refractivity contribution in [2.45, 2.75) is 111 Å². The third-order valence-electron chi connectivity index (χ3n) is 16.3. The number of halogens is 3. The number of nitrogens with one attached hydrogen (secondary N) is 1. The standard InChI is InChI=1S/C20H31N5.C18H24F2N4.C17H23ClN4S/c1-14-5-6-19-20(22-14)17-13-23(4)8-7-18(17)25(19)10-9-24-15(2)11-21-12-16(24)3;1-13-9-14-15-11-22(2)12-18(19,20)17(15)24(16(14)10-21-13)8-7-23-5-3-4-6-23;1-20-3-2-16-15(12-20)14-10-13(18)11-19-17(14)22(16)5-4-21-6-8-23-9-7-21/h5-6,15-16,21H,7-13H2,1-4H3;9-10H,3-8,11-12H2,1-2H3;10-11H,2-9,12H2,1H3. The number of alkyl halides is 2. The smallest absolute Gasteiger partial charge is 0.300 e. The number of rotatable bonds is 9. The SMILES string of the molecule is CN1CCc2c(c3cc(Cl)cnc3n2CCN2CCSCC2)C1.Cc1cc2c3c(n(CCN4CCCC4)c2cn1)C(F)(F)CN(C)C3.Cc1ccc2c(n1)c1c(n2CCN2C(C)CNCC2C)CCN(C)C1. The van der Waals surface area contributed by atoms with Crippen molar-refractivity contribution in [3.05, 3.63) is 86.8 Å². The fourth-order valence-electron chi connectivity index (χ4n) is 12.6. The zero-order valence-electron chi connectivity index (χ0n) is 44.0. The molecule has 2 unspecified atom stereocenters. The second-order valence-corrected chi connectivity index (χ2v) is 23.4. The number of thioether (sulfide) groups is 1. The summed E-state index contributed by atoms with van der Waals surface area (Å²) in [6.07, 6.45) is 8.22. The summed E-state index contributed by atoms with van der Waals surface area (Å²) in [6.45, 7) is 25.9. The molecular formula is C55H78ClF2N13S. The average molecular weight is 1030 g/mol. The van der Waals surface area contributed by atoms with Crippen molar-refractivity contribution in [1.82, 2.24) is 63.4 Å². The molecule has 17 heteroatoms. The Morgan fingerprint density at radius 1 is 0.667 bits per heavy atom. The lowest BCUT2D eigenvalue weighted by atomic mass is 10.0. The molecule has 72 heavy (non-hydrogen) atoms. The highest BCUT2D eigenvalue weighted by Gasteiger charge is 2.44. The van der Waals surface area contributed by atoms with Crippen molar-refractivity contribution in [1.29, 1.82) is 0 Å². The first-order valence-corrected chi connectivity index (χ1v) is 28.3. The number of aryl methyl sites for hydroxylation is 2. The summed E-state index contributed by atoms with van der Waals surface area (Å²) >= 11 is 8.28. The highest BCUT2D eigenvalue weighted by molar-refractivity contribution is 7.99. The van der Waals surface area contributed by atoms with Gasteiger partial charge in [-0.1, -0.05) is 11.6 Å². The second kappa shape index (κ2) is 22.2. The quantitative estimate of drug-likeness (QED) is 0.155.